The summed E-state index contributed by atoms with van der Waals surface area (Å²) in [7, 11) is 0. The molecular weight excluding hydrogens is 632 g/mol. The zero-order valence-corrected chi connectivity index (χ0v) is 29.3. The number of para-hydroxylation sites is 1. The van der Waals surface area contributed by atoms with Gasteiger partial charge in [0.25, 0.3) is 0 Å². The quantitative estimate of drug-likeness (QED) is 0.109. The third-order valence-corrected chi connectivity index (χ3v) is 8.75. The highest BCUT2D eigenvalue weighted by atomic mass is 16.4. The number of benzene rings is 1. The van der Waals surface area contributed by atoms with Gasteiger partial charge < -0.3 is 36.7 Å². The molecule has 0 bridgehead atoms. The van der Waals surface area contributed by atoms with E-state index in [-0.39, 0.29) is 30.6 Å². The predicted molar refractivity (Wildman–Crippen MR) is 184 cm³/mol. The minimum atomic E-state index is -1.35. The van der Waals surface area contributed by atoms with E-state index >= 15 is 0 Å². The number of carbonyl (C=O) groups is 6. The first kappa shape index (κ1) is 40.4. The average Bonchev–Trinajstić information content (AvgIpc) is 3.47. The van der Waals surface area contributed by atoms with Gasteiger partial charge in [-0.05, 0) is 35.8 Å². The first-order valence-electron chi connectivity index (χ1n) is 16.8. The molecule has 0 saturated carbocycles. The summed E-state index contributed by atoms with van der Waals surface area (Å²) < 4.78 is 0. The molecule has 7 atom stereocenters. The third-order valence-electron chi connectivity index (χ3n) is 8.75. The van der Waals surface area contributed by atoms with Crippen molar-refractivity contribution in [3.8, 4) is 0 Å². The molecule has 269 valence electrons. The Labute approximate surface area is 287 Å². The zero-order chi connectivity index (χ0) is 36.8. The smallest absolute Gasteiger partial charge is 0.303 e. The minimum Gasteiger partial charge on any atom is -0.481 e. The van der Waals surface area contributed by atoms with Crippen LogP contribution < -0.4 is 26.6 Å². The van der Waals surface area contributed by atoms with E-state index in [2.05, 4.69) is 31.6 Å². The molecule has 1 heterocycles. The number of hydrogen-bond acceptors (Lipinski definition) is 7. The standard InChI is InChI=1S/C35H51N6O8/c1-8-20(5)30(37-22(7)43)35(49)41-31(21(6)9-2)34(48)39-27(16-23-17-36-25-13-11-10-12-24(23)25)33(47)38-26(14-15-29(44)45)32(46)40-28(18-42)19(3)4/h10-13,17,19-21,26-28,30-31,36H,8-9,14-16H2,1-7H3,(H,37,43)(H,38,47)(H,39,48)(H,40,46)(H,41,49)(H,44,45)/t20-,21-,26-,27-,28+,30-,31-/m0/s1. The van der Waals surface area contributed by atoms with E-state index in [1.165, 1.54) is 6.92 Å². The van der Waals surface area contributed by atoms with Crippen LogP contribution in [0.5, 0.6) is 0 Å². The summed E-state index contributed by atoms with van der Waals surface area (Å²) >= 11 is 0. The van der Waals surface area contributed by atoms with Gasteiger partial charge in [0.05, 0.1) is 6.04 Å². The van der Waals surface area contributed by atoms with Gasteiger partial charge in [-0.3, -0.25) is 33.6 Å². The number of nitrogens with one attached hydrogen (secondary N) is 6. The van der Waals surface area contributed by atoms with Gasteiger partial charge in [0.15, 0.2) is 0 Å². The maximum absolute atomic E-state index is 14.0. The minimum absolute atomic E-state index is 0.0197. The topological polar surface area (TPSA) is 216 Å². The monoisotopic (exact) mass is 683 g/mol. The van der Waals surface area contributed by atoms with Crippen LogP contribution in [0.1, 0.15) is 79.7 Å². The molecule has 0 aliphatic heterocycles. The lowest BCUT2D eigenvalue weighted by Gasteiger charge is -2.30. The fourth-order valence-electron chi connectivity index (χ4n) is 5.25. The van der Waals surface area contributed by atoms with E-state index in [4.69, 9.17) is 0 Å². The van der Waals surface area contributed by atoms with E-state index in [0.717, 1.165) is 10.9 Å². The molecule has 49 heavy (non-hydrogen) atoms. The third kappa shape index (κ3) is 12.0. The number of aromatic nitrogens is 1. The number of aliphatic carboxylic acids is 1. The highest BCUT2D eigenvalue weighted by molar-refractivity contribution is 5.96. The molecule has 7 N–H and O–H groups in total. The SMILES string of the molecule is CC[C@H](C)[C@H](NC(C)=O)C(=O)N[C@H](C(=O)N[C@@H](Cc1c[nH]c2ccccc12)C(=O)N[C@@H](CCC(=O)O)C(=O)N[C@H]([C]=O)C(C)C)[C@@H](C)CC. The maximum atomic E-state index is 14.0. The van der Waals surface area contributed by atoms with E-state index in [9.17, 15) is 38.7 Å². The van der Waals surface area contributed by atoms with Gasteiger partial charge in [-0.1, -0.05) is 72.6 Å². The van der Waals surface area contributed by atoms with Crippen LogP contribution in [0.2, 0.25) is 0 Å². The number of H-pyrrole nitrogens is 1. The van der Waals surface area contributed by atoms with Gasteiger partial charge in [-0.15, -0.1) is 0 Å². The second-order valence-corrected chi connectivity index (χ2v) is 12.9. The van der Waals surface area contributed by atoms with Crippen molar-refractivity contribution in [1.29, 1.82) is 0 Å². The van der Waals surface area contributed by atoms with Crippen molar-refractivity contribution >= 4 is 52.7 Å². The van der Waals surface area contributed by atoms with Gasteiger partial charge in [0.1, 0.15) is 24.2 Å². The molecule has 0 spiro atoms. The van der Waals surface area contributed by atoms with Crippen molar-refractivity contribution in [2.45, 2.75) is 111 Å². The Hall–Kier alpha value is -4.75. The molecular formula is C35H51N6O8. The Balaban J connectivity index is 2.47. The van der Waals surface area contributed by atoms with Crippen LogP contribution in [-0.2, 0) is 40.0 Å². The van der Waals surface area contributed by atoms with E-state index in [1.807, 2.05) is 45.0 Å². The van der Waals surface area contributed by atoms with Crippen LogP contribution in [0.25, 0.3) is 10.9 Å². The number of carbonyl (C=O) groups excluding carboxylic acids is 6. The van der Waals surface area contributed by atoms with Crippen molar-refractivity contribution in [3.05, 3.63) is 36.0 Å². The highest BCUT2D eigenvalue weighted by Crippen LogP contribution is 2.20. The van der Waals surface area contributed by atoms with Gasteiger partial charge in [0.2, 0.25) is 35.8 Å². The van der Waals surface area contributed by atoms with Crippen LogP contribution in [0.3, 0.4) is 0 Å². The van der Waals surface area contributed by atoms with Crippen LogP contribution in [-0.4, -0.2) is 82.1 Å². The van der Waals surface area contributed by atoms with Crippen LogP contribution in [0.15, 0.2) is 30.5 Å². The Morgan fingerprint density at radius 1 is 0.776 bits per heavy atom. The maximum Gasteiger partial charge on any atom is 0.303 e. The lowest BCUT2D eigenvalue weighted by molar-refractivity contribution is -0.138. The zero-order valence-electron chi connectivity index (χ0n) is 29.3. The number of aromatic amines is 1. The predicted octanol–water partition coefficient (Wildman–Crippen LogP) is 1.88. The molecule has 0 aliphatic rings. The molecule has 2 rings (SSSR count). The molecule has 5 amide bonds. The summed E-state index contributed by atoms with van der Waals surface area (Å²) in [6.45, 7) is 12.0. The van der Waals surface area contributed by atoms with Crippen molar-refractivity contribution in [1.82, 2.24) is 31.6 Å². The van der Waals surface area contributed by atoms with Crippen molar-refractivity contribution in [2.24, 2.45) is 17.8 Å². The normalized spacial score (nSPS) is 15.5. The molecule has 0 unspecified atom stereocenters. The first-order valence-corrected chi connectivity index (χ1v) is 16.8. The Morgan fingerprint density at radius 2 is 1.33 bits per heavy atom. The Bertz CT molecular complexity index is 1470. The lowest BCUT2D eigenvalue weighted by atomic mass is 9.94. The van der Waals surface area contributed by atoms with E-state index in [1.54, 1.807) is 33.3 Å². The molecule has 1 radical (unpaired) electrons. The number of hydrogen-bond donors (Lipinski definition) is 7. The van der Waals surface area contributed by atoms with Gasteiger partial charge >= 0.3 is 5.97 Å². The van der Waals surface area contributed by atoms with Crippen LogP contribution in [0, 0.1) is 17.8 Å². The molecule has 2 aromatic rings. The Kier molecular flexibility index (Phi) is 15.9. The number of fused-ring (bicyclic) bond motifs is 1. The molecule has 0 saturated heterocycles. The number of rotatable bonds is 20. The van der Waals surface area contributed by atoms with Gasteiger partial charge in [-0.2, -0.15) is 0 Å². The summed E-state index contributed by atoms with van der Waals surface area (Å²) in [5, 5.41) is 23.4. The van der Waals surface area contributed by atoms with Crippen molar-refractivity contribution in [3.63, 3.8) is 0 Å². The summed E-state index contributed by atoms with van der Waals surface area (Å²) in [6, 6.07) is 1.79. The molecule has 0 fully saturated rings. The van der Waals surface area contributed by atoms with Gasteiger partial charge in [-0.25, -0.2) is 0 Å². The molecule has 14 nitrogen and oxygen atoms in total. The van der Waals surface area contributed by atoms with Crippen molar-refractivity contribution < 1.29 is 38.7 Å². The highest BCUT2D eigenvalue weighted by Gasteiger charge is 2.35. The van der Waals surface area contributed by atoms with E-state index in [0.29, 0.717) is 18.4 Å². The Morgan fingerprint density at radius 3 is 1.88 bits per heavy atom. The van der Waals surface area contributed by atoms with Gasteiger partial charge in [0, 0.05) is 36.9 Å². The lowest BCUT2D eigenvalue weighted by Crippen LogP contribution is -2.60. The average molecular weight is 684 g/mol. The molecule has 1 aromatic heterocycles. The molecule has 0 aliphatic carbocycles. The van der Waals surface area contributed by atoms with E-state index < -0.39 is 72.1 Å². The number of carboxylic acid groups (broad SMARTS) is 1. The second-order valence-electron chi connectivity index (χ2n) is 12.9. The second kappa shape index (κ2) is 19.3. The summed E-state index contributed by atoms with van der Waals surface area (Å²) in [4.78, 5) is 92.5. The molecule has 14 heteroatoms. The summed E-state index contributed by atoms with van der Waals surface area (Å²) in [5.41, 5.74) is 1.48. The fraction of sp³-hybridized carbons (Fsp3) is 0.571. The summed E-state index contributed by atoms with van der Waals surface area (Å²) in [5.74, 6) is -5.26. The largest absolute Gasteiger partial charge is 0.481 e. The number of amides is 5. The molecule has 1 aromatic carbocycles. The van der Waals surface area contributed by atoms with Crippen LogP contribution >= 0.6 is 0 Å². The van der Waals surface area contributed by atoms with Crippen LogP contribution in [0.4, 0.5) is 0 Å². The summed E-state index contributed by atoms with van der Waals surface area (Å²) in [6.07, 6.45) is 3.78. The van der Waals surface area contributed by atoms with Crippen molar-refractivity contribution in [2.75, 3.05) is 0 Å². The number of carboxylic acids is 1. The first-order chi connectivity index (χ1) is 23.1. The fourth-order valence-corrected chi connectivity index (χ4v) is 5.25.